The number of ether oxygens (including phenoxy) is 2. The standard InChI is InChI=1S/C13H18ClNO2/c1-3-4-7-17-13-11(14)8-10(5-6-15)9-12(13)16-2/h3,8-9H,1,4-7,15H2,2H3. The van der Waals surface area contributed by atoms with E-state index in [4.69, 9.17) is 26.8 Å². The molecular formula is C13H18ClNO2. The van der Waals surface area contributed by atoms with Crippen molar-refractivity contribution in [3.05, 3.63) is 35.4 Å². The first kappa shape index (κ1) is 13.9. The molecule has 0 amide bonds. The first-order valence-corrected chi connectivity index (χ1v) is 5.91. The summed E-state index contributed by atoms with van der Waals surface area (Å²) in [7, 11) is 1.60. The lowest BCUT2D eigenvalue weighted by Crippen LogP contribution is -2.04. The molecule has 0 unspecified atom stereocenters. The van der Waals surface area contributed by atoms with E-state index < -0.39 is 0 Å². The van der Waals surface area contributed by atoms with Crippen LogP contribution in [-0.4, -0.2) is 20.3 Å². The molecule has 1 aromatic rings. The maximum Gasteiger partial charge on any atom is 0.179 e. The van der Waals surface area contributed by atoms with Crippen molar-refractivity contribution in [1.82, 2.24) is 0 Å². The molecular weight excluding hydrogens is 238 g/mol. The summed E-state index contributed by atoms with van der Waals surface area (Å²) in [5.41, 5.74) is 6.56. The van der Waals surface area contributed by atoms with Gasteiger partial charge in [-0.1, -0.05) is 17.7 Å². The van der Waals surface area contributed by atoms with E-state index in [1.807, 2.05) is 12.1 Å². The molecule has 0 saturated carbocycles. The van der Waals surface area contributed by atoms with Crippen LogP contribution in [0.25, 0.3) is 0 Å². The van der Waals surface area contributed by atoms with Gasteiger partial charge in [0, 0.05) is 0 Å². The van der Waals surface area contributed by atoms with Gasteiger partial charge in [0.05, 0.1) is 18.7 Å². The Kier molecular flexibility index (Phi) is 5.87. The maximum absolute atomic E-state index is 6.16. The predicted octanol–water partition coefficient (Wildman–Crippen LogP) is 2.80. The molecule has 94 valence electrons. The Labute approximate surface area is 107 Å². The van der Waals surface area contributed by atoms with Crippen molar-refractivity contribution in [2.75, 3.05) is 20.3 Å². The second kappa shape index (κ2) is 7.20. The van der Waals surface area contributed by atoms with E-state index in [2.05, 4.69) is 6.58 Å². The Hall–Kier alpha value is -1.19. The van der Waals surface area contributed by atoms with E-state index in [1.165, 1.54) is 0 Å². The molecule has 0 atom stereocenters. The number of methoxy groups -OCH3 is 1. The highest BCUT2D eigenvalue weighted by molar-refractivity contribution is 6.32. The zero-order valence-corrected chi connectivity index (χ0v) is 10.8. The molecule has 3 nitrogen and oxygen atoms in total. The molecule has 0 heterocycles. The normalized spacial score (nSPS) is 10.1. The van der Waals surface area contributed by atoms with E-state index in [9.17, 15) is 0 Å². The predicted molar refractivity (Wildman–Crippen MR) is 71.1 cm³/mol. The van der Waals surface area contributed by atoms with Crippen molar-refractivity contribution in [2.45, 2.75) is 12.8 Å². The molecule has 17 heavy (non-hydrogen) atoms. The van der Waals surface area contributed by atoms with Crippen molar-refractivity contribution < 1.29 is 9.47 Å². The van der Waals surface area contributed by atoms with Gasteiger partial charge in [0.15, 0.2) is 11.5 Å². The van der Waals surface area contributed by atoms with Crippen molar-refractivity contribution in [3.63, 3.8) is 0 Å². The molecule has 0 aromatic heterocycles. The van der Waals surface area contributed by atoms with Gasteiger partial charge in [-0.25, -0.2) is 0 Å². The van der Waals surface area contributed by atoms with Crippen LogP contribution in [0, 0.1) is 0 Å². The Morgan fingerprint density at radius 2 is 2.24 bits per heavy atom. The Balaban J connectivity index is 2.90. The third-order valence-electron chi connectivity index (χ3n) is 2.29. The Morgan fingerprint density at radius 1 is 1.47 bits per heavy atom. The summed E-state index contributed by atoms with van der Waals surface area (Å²) in [6.07, 6.45) is 3.33. The van der Waals surface area contributed by atoms with Gasteiger partial charge in [0.2, 0.25) is 0 Å². The van der Waals surface area contributed by atoms with Crippen LogP contribution in [0.15, 0.2) is 24.8 Å². The zero-order valence-electron chi connectivity index (χ0n) is 10.0. The molecule has 1 rings (SSSR count). The zero-order chi connectivity index (χ0) is 12.7. The molecule has 0 bridgehead atoms. The van der Waals surface area contributed by atoms with Gasteiger partial charge in [-0.05, 0) is 37.1 Å². The van der Waals surface area contributed by atoms with Crippen LogP contribution in [-0.2, 0) is 6.42 Å². The van der Waals surface area contributed by atoms with Gasteiger partial charge < -0.3 is 15.2 Å². The van der Waals surface area contributed by atoms with Gasteiger partial charge in [-0.2, -0.15) is 0 Å². The Bertz CT molecular complexity index is 380. The number of hydrogen-bond donors (Lipinski definition) is 1. The minimum absolute atomic E-state index is 0.538. The largest absolute Gasteiger partial charge is 0.493 e. The molecule has 0 aliphatic carbocycles. The topological polar surface area (TPSA) is 44.5 Å². The van der Waals surface area contributed by atoms with Gasteiger partial charge in [0.1, 0.15) is 0 Å². The fourth-order valence-electron chi connectivity index (χ4n) is 1.47. The maximum atomic E-state index is 6.16. The summed E-state index contributed by atoms with van der Waals surface area (Å²) in [6.45, 7) is 4.75. The van der Waals surface area contributed by atoms with Gasteiger partial charge in [0.25, 0.3) is 0 Å². The molecule has 0 aliphatic heterocycles. The second-order valence-corrected chi connectivity index (χ2v) is 3.98. The smallest absolute Gasteiger partial charge is 0.179 e. The number of benzene rings is 1. The van der Waals surface area contributed by atoms with E-state index in [-0.39, 0.29) is 0 Å². The van der Waals surface area contributed by atoms with Gasteiger partial charge in [-0.3, -0.25) is 0 Å². The molecule has 0 fully saturated rings. The van der Waals surface area contributed by atoms with E-state index in [0.29, 0.717) is 29.7 Å². The van der Waals surface area contributed by atoms with Crippen molar-refractivity contribution in [1.29, 1.82) is 0 Å². The summed E-state index contributed by atoms with van der Waals surface area (Å²) in [5.74, 6) is 1.22. The summed E-state index contributed by atoms with van der Waals surface area (Å²) in [4.78, 5) is 0. The molecule has 4 heteroatoms. The minimum atomic E-state index is 0.538. The lowest BCUT2D eigenvalue weighted by atomic mass is 10.1. The molecule has 2 N–H and O–H groups in total. The highest BCUT2D eigenvalue weighted by Gasteiger charge is 2.11. The van der Waals surface area contributed by atoms with Crippen LogP contribution in [0.1, 0.15) is 12.0 Å². The summed E-state index contributed by atoms with van der Waals surface area (Å²) >= 11 is 6.16. The molecule has 0 saturated heterocycles. The van der Waals surface area contributed by atoms with Crippen LogP contribution in [0.3, 0.4) is 0 Å². The Morgan fingerprint density at radius 3 is 2.82 bits per heavy atom. The molecule has 0 spiro atoms. The lowest BCUT2D eigenvalue weighted by molar-refractivity contribution is 0.300. The fraction of sp³-hybridized carbons (Fsp3) is 0.385. The third-order valence-corrected chi connectivity index (χ3v) is 2.57. The van der Waals surface area contributed by atoms with E-state index in [0.717, 1.165) is 18.4 Å². The minimum Gasteiger partial charge on any atom is -0.493 e. The third kappa shape index (κ3) is 3.95. The van der Waals surface area contributed by atoms with Crippen molar-refractivity contribution in [2.24, 2.45) is 5.73 Å². The molecule has 0 radical (unpaired) electrons. The number of halogens is 1. The summed E-state index contributed by atoms with van der Waals surface area (Å²) < 4.78 is 10.8. The van der Waals surface area contributed by atoms with E-state index in [1.54, 1.807) is 13.2 Å². The number of nitrogens with two attached hydrogens (primary N) is 1. The van der Waals surface area contributed by atoms with E-state index >= 15 is 0 Å². The second-order valence-electron chi connectivity index (χ2n) is 3.57. The lowest BCUT2D eigenvalue weighted by Gasteiger charge is -2.13. The van der Waals surface area contributed by atoms with Gasteiger partial charge >= 0.3 is 0 Å². The molecule has 0 aliphatic rings. The van der Waals surface area contributed by atoms with Crippen LogP contribution >= 0.6 is 11.6 Å². The summed E-state index contributed by atoms with van der Waals surface area (Å²) in [5, 5.41) is 0.553. The monoisotopic (exact) mass is 255 g/mol. The summed E-state index contributed by atoms with van der Waals surface area (Å²) in [6, 6.07) is 3.77. The highest BCUT2D eigenvalue weighted by atomic mass is 35.5. The fourth-order valence-corrected chi connectivity index (χ4v) is 1.76. The number of hydrogen-bond acceptors (Lipinski definition) is 3. The quantitative estimate of drug-likeness (QED) is 0.602. The van der Waals surface area contributed by atoms with Crippen LogP contribution < -0.4 is 15.2 Å². The number of rotatable bonds is 7. The van der Waals surface area contributed by atoms with Crippen molar-refractivity contribution >= 4 is 11.6 Å². The van der Waals surface area contributed by atoms with Crippen molar-refractivity contribution in [3.8, 4) is 11.5 Å². The average molecular weight is 256 g/mol. The highest BCUT2D eigenvalue weighted by Crippen LogP contribution is 2.36. The SMILES string of the molecule is C=CCCOc1c(Cl)cc(CCN)cc1OC. The van der Waals surface area contributed by atoms with Crippen LogP contribution in [0.4, 0.5) is 0 Å². The molecule has 1 aromatic carbocycles. The first-order chi connectivity index (χ1) is 8.22. The van der Waals surface area contributed by atoms with Crippen LogP contribution in [0.2, 0.25) is 5.02 Å². The van der Waals surface area contributed by atoms with Gasteiger partial charge in [-0.15, -0.1) is 6.58 Å². The average Bonchev–Trinajstić information content (AvgIpc) is 2.32. The van der Waals surface area contributed by atoms with Crippen LogP contribution in [0.5, 0.6) is 11.5 Å². The first-order valence-electron chi connectivity index (χ1n) is 5.53.